The largest absolute Gasteiger partial charge is 1.00 e. The Morgan fingerprint density at radius 3 is 1.24 bits per heavy atom. The molecule has 0 fully saturated rings. The van der Waals surface area contributed by atoms with Crippen LogP contribution in [0, 0.1) is 0 Å². The van der Waals surface area contributed by atoms with Gasteiger partial charge < -0.3 is 45.0 Å². The molecule has 5 N–H and O–H groups in total. The fraction of sp³-hybridized carbons (Fsp3) is 0.317. The van der Waals surface area contributed by atoms with E-state index < -0.39 is 5.97 Å². The minimum atomic E-state index is -0.450. The van der Waals surface area contributed by atoms with Crippen molar-refractivity contribution in [2.24, 2.45) is 0 Å². The molecule has 13 nitrogen and oxygen atoms in total. The van der Waals surface area contributed by atoms with E-state index in [2.05, 4.69) is 4.74 Å². The summed E-state index contributed by atoms with van der Waals surface area (Å²) in [5.41, 5.74) is 2.35. The maximum absolute atomic E-state index is 12.3. The molecule has 0 aliphatic rings. The number of hydrogen-bond donors (Lipinski definition) is 4. The van der Waals surface area contributed by atoms with Gasteiger partial charge in [0.2, 0.25) is 0 Å². The van der Waals surface area contributed by atoms with Crippen molar-refractivity contribution in [2.45, 2.75) is 26.7 Å². The number of aliphatic hydroxyl groups is 4. The summed E-state index contributed by atoms with van der Waals surface area (Å²) in [4.78, 5) is 48.7. The normalized spacial score (nSPS) is 9.47. The Bertz CT molecular complexity index is 1600. The van der Waals surface area contributed by atoms with Crippen LogP contribution in [-0.4, -0.2) is 114 Å². The number of carbonyl (C=O) groups excluding carboxylic acids is 4. The standard InChI is InChI=1S/C19H21NO5.C16H14O4.C5H12O2.CH4.K.H2O/c21-12-10-20(11-13-22)18(23)14-25-17-8-6-16(7-9-17)19(24)15-4-2-1-3-5-15;1-19-15(17)11-20-14-9-7-13(8-10-14)16(18)12-5-3-2-4-6-12;6-4-2-1-3-5-7;;;/h1-9,21-22H,10-14H2;2-10H,11H2,1H3;6-7H,1-5H2;1H4;;1H2/q;;;;+1;/p-1. The fourth-order valence-electron chi connectivity index (χ4n) is 4.36. The average Bonchev–Trinajstić information content (AvgIpc) is 3.20. The second-order valence-electron chi connectivity index (χ2n) is 10.9. The Morgan fingerprint density at radius 2 is 0.891 bits per heavy atom. The first-order valence-corrected chi connectivity index (χ1v) is 16.7. The Hall–Kier alpha value is -3.80. The molecule has 0 unspecified atom stereocenters. The molecule has 55 heavy (non-hydrogen) atoms. The first-order chi connectivity index (χ1) is 25.3. The fourth-order valence-corrected chi connectivity index (χ4v) is 4.36. The summed E-state index contributed by atoms with van der Waals surface area (Å²) in [5, 5.41) is 34.3. The van der Waals surface area contributed by atoms with E-state index >= 15 is 0 Å². The van der Waals surface area contributed by atoms with E-state index in [9.17, 15) is 19.2 Å². The van der Waals surface area contributed by atoms with Crippen LogP contribution >= 0.6 is 0 Å². The molecule has 0 saturated heterocycles. The molecule has 4 aromatic carbocycles. The molecular formula is C41H52KNO12. The van der Waals surface area contributed by atoms with Gasteiger partial charge in [-0.3, -0.25) is 14.4 Å². The number of benzene rings is 4. The van der Waals surface area contributed by atoms with E-state index in [-0.39, 0.29) is 134 Å². The topological polar surface area (TPSA) is 210 Å². The minimum Gasteiger partial charge on any atom is -0.870 e. The van der Waals surface area contributed by atoms with E-state index in [1.165, 1.54) is 12.0 Å². The molecule has 0 spiro atoms. The van der Waals surface area contributed by atoms with E-state index in [1.54, 1.807) is 84.9 Å². The van der Waals surface area contributed by atoms with Gasteiger partial charge in [-0.15, -0.1) is 0 Å². The number of ketones is 2. The molecule has 0 aromatic heterocycles. The van der Waals surface area contributed by atoms with Crippen LogP contribution < -0.4 is 60.9 Å². The van der Waals surface area contributed by atoms with Crippen LogP contribution in [0.25, 0.3) is 0 Å². The number of carbonyl (C=O) groups is 4. The molecule has 4 rings (SSSR count). The molecule has 0 atom stereocenters. The second kappa shape index (κ2) is 32.4. The predicted molar refractivity (Wildman–Crippen MR) is 203 cm³/mol. The maximum Gasteiger partial charge on any atom is 1.00 e. The molecule has 0 heterocycles. The quantitative estimate of drug-likeness (QED) is 0.0485. The SMILES string of the molecule is C.COC(=O)COc1ccc(C(=O)c2ccccc2)cc1.O=C(c1ccccc1)c1ccc(OCC(=O)N(CCO)CCO)cc1.OCCCCCO.[K+].[OH-]. The van der Waals surface area contributed by atoms with Gasteiger partial charge in [-0.05, 0) is 67.8 Å². The summed E-state index contributed by atoms with van der Waals surface area (Å²) in [6, 6.07) is 31.2. The molecule has 1 amide bonds. The first-order valence-electron chi connectivity index (χ1n) is 16.7. The average molecular weight is 790 g/mol. The third kappa shape index (κ3) is 21.2. The van der Waals surface area contributed by atoms with Crippen molar-refractivity contribution < 1.29 is 111 Å². The third-order valence-corrected chi connectivity index (χ3v) is 7.16. The Morgan fingerprint density at radius 1 is 0.527 bits per heavy atom. The van der Waals surface area contributed by atoms with Gasteiger partial charge in [0.05, 0.1) is 20.3 Å². The van der Waals surface area contributed by atoms with Gasteiger partial charge in [-0.25, -0.2) is 4.79 Å². The van der Waals surface area contributed by atoms with E-state index in [1.807, 2.05) is 24.3 Å². The van der Waals surface area contributed by atoms with Crippen molar-refractivity contribution in [1.29, 1.82) is 0 Å². The van der Waals surface area contributed by atoms with Crippen molar-refractivity contribution in [1.82, 2.24) is 4.90 Å². The van der Waals surface area contributed by atoms with E-state index in [4.69, 9.17) is 29.9 Å². The monoisotopic (exact) mass is 789 g/mol. The van der Waals surface area contributed by atoms with Crippen molar-refractivity contribution in [2.75, 3.05) is 59.8 Å². The number of unbranched alkanes of at least 4 members (excludes halogenated alkanes) is 2. The minimum absolute atomic E-state index is 0. The Balaban J connectivity index is 0. The van der Waals surface area contributed by atoms with Gasteiger partial charge in [-0.2, -0.15) is 0 Å². The summed E-state index contributed by atoms with van der Waals surface area (Å²) >= 11 is 0. The number of nitrogens with zero attached hydrogens (tertiary/aromatic N) is 1. The summed E-state index contributed by atoms with van der Waals surface area (Å²) in [7, 11) is 1.30. The van der Waals surface area contributed by atoms with Crippen LogP contribution in [0.4, 0.5) is 0 Å². The molecule has 0 aliphatic heterocycles. The Labute approximate surface area is 365 Å². The van der Waals surface area contributed by atoms with Gasteiger partial charge >= 0.3 is 57.4 Å². The molecule has 0 aliphatic carbocycles. The van der Waals surface area contributed by atoms with Gasteiger partial charge in [0.15, 0.2) is 24.8 Å². The van der Waals surface area contributed by atoms with Crippen LogP contribution in [0.1, 0.15) is 58.5 Å². The van der Waals surface area contributed by atoms with E-state index in [0.717, 1.165) is 19.3 Å². The molecular weight excluding hydrogens is 738 g/mol. The van der Waals surface area contributed by atoms with Crippen molar-refractivity contribution >= 4 is 23.4 Å². The number of hydrogen-bond acceptors (Lipinski definition) is 12. The van der Waals surface area contributed by atoms with Gasteiger partial charge in [0.1, 0.15) is 11.5 Å². The van der Waals surface area contributed by atoms with E-state index in [0.29, 0.717) is 33.8 Å². The van der Waals surface area contributed by atoms with Gasteiger partial charge in [-0.1, -0.05) is 68.1 Å². The molecule has 294 valence electrons. The van der Waals surface area contributed by atoms with Gasteiger partial charge in [0, 0.05) is 48.6 Å². The smallest absolute Gasteiger partial charge is 0.870 e. The summed E-state index contributed by atoms with van der Waals surface area (Å²) in [5.74, 6) is 0.0679. The Kier molecular flexibility index (Phi) is 31.4. The number of esters is 1. The van der Waals surface area contributed by atoms with Crippen LogP contribution in [0.15, 0.2) is 109 Å². The summed E-state index contributed by atoms with van der Waals surface area (Å²) < 4.78 is 15.1. The number of amides is 1. The molecule has 0 bridgehead atoms. The molecule has 0 saturated carbocycles. The zero-order chi connectivity index (χ0) is 38.0. The maximum atomic E-state index is 12.3. The predicted octanol–water partition coefficient (Wildman–Crippen LogP) is 1.18. The summed E-state index contributed by atoms with van der Waals surface area (Å²) in [6.07, 6.45) is 2.58. The number of aliphatic hydroxyl groups excluding tert-OH is 4. The zero-order valence-corrected chi connectivity index (χ0v) is 33.8. The second-order valence-corrected chi connectivity index (χ2v) is 10.9. The number of ether oxygens (including phenoxy) is 3. The van der Waals surface area contributed by atoms with Crippen LogP contribution in [0.5, 0.6) is 11.5 Å². The molecule has 0 radical (unpaired) electrons. The first kappa shape index (κ1) is 53.3. The van der Waals surface area contributed by atoms with Crippen LogP contribution in [-0.2, 0) is 14.3 Å². The molecule has 14 heteroatoms. The van der Waals surface area contributed by atoms with Gasteiger partial charge in [0.25, 0.3) is 5.91 Å². The van der Waals surface area contributed by atoms with Crippen LogP contribution in [0.2, 0.25) is 0 Å². The number of methoxy groups -OCH3 is 1. The van der Waals surface area contributed by atoms with Crippen molar-refractivity contribution in [3.63, 3.8) is 0 Å². The van der Waals surface area contributed by atoms with Crippen LogP contribution in [0.3, 0.4) is 0 Å². The third-order valence-electron chi connectivity index (χ3n) is 7.16. The van der Waals surface area contributed by atoms with Crippen molar-refractivity contribution in [3.8, 4) is 11.5 Å². The number of rotatable bonds is 18. The van der Waals surface area contributed by atoms with Crippen molar-refractivity contribution in [3.05, 3.63) is 131 Å². The molecule has 4 aromatic rings. The summed E-state index contributed by atoms with van der Waals surface area (Å²) in [6.45, 7) is 0.0824. The zero-order valence-electron chi connectivity index (χ0n) is 30.7.